The number of carbonyl (C=O) groups is 1. The summed E-state index contributed by atoms with van der Waals surface area (Å²) in [6, 6.07) is 13.0. The average Bonchev–Trinajstić information content (AvgIpc) is 2.43. The summed E-state index contributed by atoms with van der Waals surface area (Å²) in [5.74, 6) is -0.400. The van der Waals surface area contributed by atoms with E-state index in [0.29, 0.717) is 11.3 Å². The van der Waals surface area contributed by atoms with Gasteiger partial charge in [-0.3, -0.25) is 14.2 Å². The van der Waals surface area contributed by atoms with Crippen molar-refractivity contribution in [2.24, 2.45) is 0 Å². The molecule has 0 spiro atoms. The molecule has 2 aromatic rings. The fourth-order valence-corrected chi connectivity index (χ4v) is 2.76. The van der Waals surface area contributed by atoms with Crippen LogP contribution in [0.4, 0.5) is 0 Å². The lowest BCUT2D eigenvalue weighted by Crippen LogP contribution is -2.21. The summed E-state index contributed by atoms with van der Waals surface area (Å²) in [4.78, 5) is 22.9. The van der Waals surface area contributed by atoms with Crippen LogP contribution in [0.25, 0.3) is 5.69 Å². The van der Waals surface area contributed by atoms with Gasteiger partial charge in [0.1, 0.15) is 0 Å². The van der Waals surface area contributed by atoms with Crippen LogP contribution in [0, 0.1) is 6.92 Å². The van der Waals surface area contributed by atoms with Crippen molar-refractivity contribution >= 4 is 17.7 Å². The standard InChI is InChI=1S/C15H15NO3S/c1-11-7-8-13(20-10-9-14(17)18)16(15(11)19)12-5-3-2-4-6-12/h2-8H,9-10H2,1H3,(H,17,18). The molecule has 2 rings (SSSR count). The number of hydrogen-bond acceptors (Lipinski definition) is 3. The minimum atomic E-state index is -0.835. The minimum Gasteiger partial charge on any atom is -0.481 e. The number of aliphatic carboxylic acids is 1. The Morgan fingerprint density at radius 2 is 1.90 bits per heavy atom. The Balaban J connectivity index is 2.40. The molecule has 20 heavy (non-hydrogen) atoms. The first-order valence-electron chi connectivity index (χ1n) is 6.22. The largest absolute Gasteiger partial charge is 0.481 e. The maximum Gasteiger partial charge on any atom is 0.304 e. The monoisotopic (exact) mass is 289 g/mol. The van der Waals surface area contributed by atoms with Crippen molar-refractivity contribution in [1.29, 1.82) is 0 Å². The molecular weight excluding hydrogens is 274 g/mol. The predicted molar refractivity (Wildman–Crippen MR) is 79.8 cm³/mol. The highest BCUT2D eigenvalue weighted by atomic mass is 32.2. The first-order valence-corrected chi connectivity index (χ1v) is 7.21. The third kappa shape index (κ3) is 3.30. The molecule has 0 aliphatic heterocycles. The minimum absolute atomic E-state index is 0.0710. The number of carboxylic acids is 1. The van der Waals surface area contributed by atoms with E-state index in [-0.39, 0.29) is 12.0 Å². The number of aromatic nitrogens is 1. The van der Waals surface area contributed by atoms with Crippen molar-refractivity contribution in [3.63, 3.8) is 0 Å². The van der Waals surface area contributed by atoms with E-state index in [1.165, 1.54) is 11.8 Å². The van der Waals surface area contributed by atoms with Gasteiger partial charge < -0.3 is 5.11 Å². The number of benzene rings is 1. The van der Waals surface area contributed by atoms with Crippen molar-refractivity contribution in [1.82, 2.24) is 4.57 Å². The maximum absolute atomic E-state index is 12.3. The van der Waals surface area contributed by atoms with E-state index in [4.69, 9.17) is 5.11 Å². The quantitative estimate of drug-likeness (QED) is 0.860. The smallest absolute Gasteiger partial charge is 0.304 e. The lowest BCUT2D eigenvalue weighted by molar-refractivity contribution is -0.136. The Labute approximate surface area is 121 Å². The number of hydrogen-bond donors (Lipinski definition) is 1. The third-order valence-electron chi connectivity index (χ3n) is 2.82. The Morgan fingerprint density at radius 1 is 1.20 bits per heavy atom. The molecule has 0 unspecified atom stereocenters. The van der Waals surface area contributed by atoms with Crippen molar-refractivity contribution in [3.05, 3.63) is 58.4 Å². The second-order valence-electron chi connectivity index (χ2n) is 4.32. The fourth-order valence-electron chi connectivity index (χ4n) is 1.80. The van der Waals surface area contributed by atoms with Gasteiger partial charge in [-0.25, -0.2) is 0 Å². The number of rotatable bonds is 5. The lowest BCUT2D eigenvalue weighted by Gasteiger charge is -2.13. The summed E-state index contributed by atoms with van der Waals surface area (Å²) in [5.41, 5.74) is 1.38. The predicted octanol–water partition coefficient (Wildman–Crippen LogP) is 2.71. The van der Waals surface area contributed by atoms with E-state index >= 15 is 0 Å². The summed E-state index contributed by atoms with van der Waals surface area (Å²) in [7, 11) is 0. The number of para-hydroxylation sites is 1. The van der Waals surface area contributed by atoms with Gasteiger partial charge in [-0.15, -0.1) is 11.8 Å². The van der Waals surface area contributed by atoms with Crippen molar-refractivity contribution in [2.45, 2.75) is 18.4 Å². The van der Waals surface area contributed by atoms with Gasteiger partial charge in [0.2, 0.25) is 0 Å². The highest BCUT2D eigenvalue weighted by molar-refractivity contribution is 7.99. The van der Waals surface area contributed by atoms with Gasteiger partial charge in [-0.2, -0.15) is 0 Å². The average molecular weight is 289 g/mol. The lowest BCUT2D eigenvalue weighted by atomic mass is 10.2. The molecular formula is C15H15NO3S. The van der Waals surface area contributed by atoms with Crippen LogP contribution >= 0.6 is 11.8 Å². The van der Waals surface area contributed by atoms with E-state index in [0.717, 1.165) is 10.7 Å². The summed E-state index contributed by atoms with van der Waals surface area (Å²) < 4.78 is 1.63. The highest BCUT2D eigenvalue weighted by Gasteiger charge is 2.09. The number of carboxylic acid groups (broad SMARTS) is 1. The van der Waals surface area contributed by atoms with Crippen LogP contribution in [0.2, 0.25) is 0 Å². The first kappa shape index (κ1) is 14.4. The number of aryl methyl sites for hydroxylation is 1. The molecule has 1 heterocycles. The van der Waals surface area contributed by atoms with E-state index in [1.807, 2.05) is 36.4 Å². The summed E-state index contributed by atoms with van der Waals surface area (Å²) in [6.45, 7) is 1.77. The molecule has 5 heteroatoms. The molecule has 0 atom stereocenters. The zero-order chi connectivity index (χ0) is 14.5. The summed E-state index contributed by atoms with van der Waals surface area (Å²) in [5, 5.41) is 9.45. The summed E-state index contributed by atoms with van der Waals surface area (Å²) >= 11 is 1.38. The molecule has 0 aliphatic rings. The molecule has 1 aromatic heterocycles. The molecule has 0 saturated carbocycles. The van der Waals surface area contributed by atoms with E-state index in [9.17, 15) is 9.59 Å². The Kier molecular flexibility index (Phi) is 4.63. The highest BCUT2D eigenvalue weighted by Crippen LogP contribution is 2.21. The van der Waals surface area contributed by atoms with Crippen molar-refractivity contribution < 1.29 is 9.90 Å². The van der Waals surface area contributed by atoms with E-state index in [2.05, 4.69) is 0 Å². The SMILES string of the molecule is Cc1ccc(SCCC(=O)O)n(-c2ccccc2)c1=O. The normalized spacial score (nSPS) is 10.4. The van der Waals surface area contributed by atoms with Crippen LogP contribution < -0.4 is 5.56 Å². The second-order valence-corrected chi connectivity index (χ2v) is 5.44. The Hall–Kier alpha value is -2.01. The zero-order valence-electron chi connectivity index (χ0n) is 11.1. The van der Waals surface area contributed by atoms with Gasteiger partial charge in [0.25, 0.3) is 5.56 Å². The molecule has 0 fully saturated rings. The molecule has 104 valence electrons. The number of nitrogens with zero attached hydrogens (tertiary/aromatic N) is 1. The van der Waals surface area contributed by atoms with E-state index in [1.54, 1.807) is 17.6 Å². The zero-order valence-corrected chi connectivity index (χ0v) is 11.9. The van der Waals surface area contributed by atoms with Gasteiger partial charge in [0.15, 0.2) is 0 Å². The molecule has 4 nitrogen and oxygen atoms in total. The topological polar surface area (TPSA) is 59.3 Å². The van der Waals surface area contributed by atoms with Gasteiger partial charge in [0.05, 0.1) is 11.4 Å². The van der Waals surface area contributed by atoms with Crippen LogP contribution in [0.5, 0.6) is 0 Å². The van der Waals surface area contributed by atoms with Gasteiger partial charge in [-0.05, 0) is 25.1 Å². The molecule has 1 aromatic carbocycles. The Morgan fingerprint density at radius 3 is 2.55 bits per heavy atom. The number of thioether (sulfide) groups is 1. The molecule has 1 N–H and O–H groups in total. The van der Waals surface area contributed by atoms with Gasteiger partial charge >= 0.3 is 5.97 Å². The third-order valence-corrected chi connectivity index (χ3v) is 3.84. The van der Waals surface area contributed by atoms with Gasteiger partial charge in [-0.1, -0.05) is 24.3 Å². The van der Waals surface area contributed by atoms with Crippen LogP contribution in [-0.4, -0.2) is 21.4 Å². The summed E-state index contributed by atoms with van der Waals surface area (Å²) in [6.07, 6.45) is 0.0710. The Bertz CT molecular complexity index is 665. The molecule has 0 bridgehead atoms. The second kappa shape index (κ2) is 6.43. The molecule has 0 aliphatic carbocycles. The maximum atomic E-state index is 12.3. The van der Waals surface area contributed by atoms with Crippen LogP contribution in [-0.2, 0) is 4.79 Å². The van der Waals surface area contributed by atoms with Crippen LogP contribution in [0.3, 0.4) is 0 Å². The molecule has 0 saturated heterocycles. The first-order chi connectivity index (χ1) is 9.59. The van der Waals surface area contributed by atoms with Gasteiger partial charge in [0, 0.05) is 17.0 Å². The van der Waals surface area contributed by atoms with E-state index < -0.39 is 5.97 Å². The van der Waals surface area contributed by atoms with Crippen LogP contribution in [0.15, 0.2) is 52.3 Å². The number of pyridine rings is 1. The fraction of sp³-hybridized carbons (Fsp3) is 0.200. The van der Waals surface area contributed by atoms with Crippen molar-refractivity contribution in [3.8, 4) is 5.69 Å². The van der Waals surface area contributed by atoms with Crippen LogP contribution in [0.1, 0.15) is 12.0 Å². The van der Waals surface area contributed by atoms with Crippen molar-refractivity contribution in [2.75, 3.05) is 5.75 Å². The molecule has 0 amide bonds. The molecule has 0 radical (unpaired) electrons.